The van der Waals surface area contributed by atoms with Crippen LogP contribution in [0, 0.1) is 5.92 Å². The van der Waals surface area contributed by atoms with Crippen molar-refractivity contribution < 1.29 is 14.6 Å². The molecular formula is C23H30O3Si. The summed E-state index contributed by atoms with van der Waals surface area (Å²) in [6.45, 7) is 11.4. The summed E-state index contributed by atoms with van der Waals surface area (Å²) in [5.74, 6) is -0.485. The van der Waals surface area contributed by atoms with Crippen LogP contribution in [0.15, 0.2) is 48.5 Å². The number of aliphatic hydroxyl groups is 2. The third-order valence-corrected chi connectivity index (χ3v) is 11.6. The fourth-order valence-electron chi connectivity index (χ4n) is 4.52. The Balaban J connectivity index is 1.80. The number of hydrogen-bond donors (Lipinski definition) is 2. The Labute approximate surface area is 163 Å². The zero-order valence-corrected chi connectivity index (χ0v) is 17.9. The van der Waals surface area contributed by atoms with E-state index in [0.717, 1.165) is 22.3 Å². The van der Waals surface area contributed by atoms with Crippen LogP contribution in [0.5, 0.6) is 0 Å². The van der Waals surface area contributed by atoms with E-state index in [1.54, 1.807) is 0 Å². The predicted molar refractivity (Wildman–Crippen MR) is 110 cm³/mol. The van der Waals surface area contributed by atoms with Crippen molar-refractivity contribution in [1.82, 2.24) is 0 Å². The standard InChI is InChI=1S/C23H30O3Si/c1-22(2,3)27(4,5)26-14-19-21(24)20-15-10-6-8-12-17(15)23(19,25)18-13-9-7-11-16(18)20/h6-13,19-21,24-25H,14H2,1-5H3/t19-,20?,21-,23?/m0/s1. The first kappa shape index (κ1) is 18.9. The largest absolute Gasteiger partial charge is 0.416 e. The first-order valence-corrected chi connectivity index (χ1v) is 12.7. The van der Waals surface area contributed by atoms with Crippen molar-refractivity contribution >= 4 is 8.32 Å². The smallest absolute Gasteiger partial charge is 0.191 e. The van der Waals surface area contributed by atoms with Crippen molar-refractivity contribution in [1.29, 1.82) is 0 Å². The van der Waals surface area contributed by atoms with Gasteiger partial charge in [-0.15, -0.1) is 0 Å². The van der Waals surface area contributed by atoms with Crippen LogP contribution in [-0.4, -0.2) is 31.2 Å². The van der Waals surface area contributed by atoms with Crippen molar-refractivity contribution in [2.24, 2.45) is 5.92 Å². The van der Waals surface area contributed by atoms with Gasteiger partial charge in [-0.2, -0.15) is 0 Å². The minimum Gasteiger partial charge on any atom is -0.416 e. The van der Waals surface area contributed by atoms with Gasteiger partial charge in [0, 0.05) is 18.4 Å². The lowest BCUT2D eigenvalue weighted by atomic mass is 9.55. The molecule has 0 aromatic heterocycles. The normalized spacial score (nSPS) is 29.4. The van der Waals surface area contributed by atoms with E-state index in [0.29, 0.717) is 6.61 Å². The van der Waals surface area contributed by atoms with Crippen molar-refractivity contribution in [3.8, 4) is 0 Å². The second-order valence-electron chi connectivity index (χ2n) is 9.59. The van der Waals surface area contributed by atoms with E-state index < -0.39 is 20.0 Å². The van der Waals surface area contributed by atoms with E-state index in [2.05, 4.69) is 33.9 Å². The number of hydrogen-bond acceptors (Lipinski definition) is 3. The minimum absolute atomic E-state index is 0.0874. The van der Waals surface area contributed by atoms with Gasteiger partial charge < -0.3 is 14.6 Å². The van der Waals surface area contributed by atoms with Crippen molar-refractivity contribution in [3.63, 3.8) is 0 Å². The summed E-state index contributed by atoms with van der Waals surface area (Å²) >= 11 is 0. The highest BCUT2D eigenvalue weighted by atomic mass is 28.4. The third kappa shape index (κ3) is 2.58. The molecule has 27 heavy (non-hydrogen) atoms. The Morgan fingerprint density at radius 2 is 1.44 bits per heavy atom. The van der Waals surface area contributed by atoms with Gasteiger partial charge >= 0.3 is 0 Å². The quantitative estimate of drug-likeness (QED) is 0.775. The summed E-state index contributed by atoms with van der Waals surface area (Å²) in [5, 5.41) is 23.4. The van der Waals surface area contributed by atoms with Gasteiger partial charge in [0.05, 0.1) is 6.10 Å². The summed E-state index contributed by atoms with van der Waals surface area (Å²) in [4.78, 5) is 0. The minimum atomic E-state index is -1.98. The molecule has 4 heteroatoms. The molecular weight excluding hydrogens is 352 g/mol. The molecule has 144 valence electrons. The van der Waals surface area contributed by atoms with Crippen LogP contribution >= 0.6 is 0 Å². The lowest BCUT2D eigenvalue weighted by Crippen LogP contribution is -2.57. The molecule has 0 unspecified atom stereocenters. The van der Waals surface area contributed by atoms with Crippen LogP contribution in [0.3, 0.4) is 0 Å². The maximum absolute atomic E-state index is 12.0. The van der Waals surface area contributed by atoms with E-state index in [1.807, 2.05) is 48.5 Å². The molecule has 2 atom stereocenters. The van der Waals surface area contributed by atoms with E-state index in [9.17, 15) is 10.2 Å². The fraction of sp³-hybridized carbons (Fsp3) is 0.478. The Hall–Kier alpha value is -1.46. The van der Waals surface area contributed by atoms with Gasteiger partial charge in [0.15, 0.2) is 8.32 Å². The topological polar surface area (TPSA) is 49.7 Å². The molecule has 3 aliphatic carbocycles. The average molecular weight is 383 g/mol. The maximum atomic E-state index is 12.0. The third-order valence-electron chi connectivity index (χ3n) is 7.13. The lowest BCUT2D eigenvalue weighted by Gasteiger charge is -2.54. The van der Waals surface area contributed by atoms with Crippen LogP contribution in [-0.2, 0) is 10.0 Å². The highest BCUT2D eigenvalue weighted by molar-refractivity contribution is 6.74. The summed E-state index contributed by atoms with van der Waals surface area (Å²) in [6, 6.07) is 16.0. The Bertz CT molecular complexity index is 820. The summed E-state index contributed by atoms with van der Waals surface area (Å²) in [5.41, 5.74) is 2.69. The summed E-state index contributed by atoms with van der Waals surface area (Å²) in [7, 11) is -1.98. The van der Waals surface area contributed by atoms with Gasteiger partial charge in [0.25, 0.3) is 0 Å². The molecule has 3 aliphatic rings. The predicted octanol–water partition coefficient (Wildman–Crippen LogP) is 4.38. The lowest BCUT2D eigenvalue weighted by molar-refractivity contribution is -0.0957. The molecule has 2 N–H and O–H groups in total. The molecule has 0 radical (unpaired) electrons. The van der Waals surface area contributed by atoms with Gasteiger partial charge in [-0.05, 0) is 40.4 Å². The Morgan fingerprint density at radius 3 is 1.93 bits per heavy atom. The monoisotopic (exact) mass is 382 g/mol. The average Bonchev–Trinajstić information content (AvgIpc) is 2.61. The number of aliphatic hydroxyl groups excluding tert-OH is 1. The van der Waals surface area contributed by atoms with Gasteiger partial charge in [-0.3, -0.25) is 0 Å². The van der Waals surface area contributed by atoms with Crippen LogP contribution < -0.4 is 0 Å². The van der Waals surface area contributed by atoms with Gasteiger partial charge in [0.2, 0.25) is 0 Å². The fourth-order valence-corrected chi connectivity index (χ4v) is 5.55. The molecule has 2 aromatic carbocycles. The second kappa shape index (κ2) is 6.02. The summed E-state index contributed by atoms with van der Waals surface area (Å²) in [6.07, 6.45) is -0.662. The van der Waals surface area contributed by atoms with Gasteiger partial charge in [0.1, 0.15) is 5.60 Å². The molecule has 0 amide bonds. The number of rotatable bonds is 3. The van der Waals surface area contributed by atoms with Crippen LogP contribution in [0.4, 0.5) is 0 Å². The molecule has 0 fully saturated rings. The van der Waals surface area contributed by atoms with E-state index in [-0.39, 0.29) is 16.9 Å². The number of fused-ring (bicyclic) bond motifs is 1. The van der Waals surface area contributed by atoms with Gasteiger partial charge in [-0.1, -0.05) is 69.3 Å². The van der Waals surface area contributed by atoms with Crippen molar-refractivity contribution in [2.45, 2.75) is 56.5 Å². The first-order valence-electron chi connectivity index (χ1n) is 9.82. The highest BCUT2D eigenvalue weighted by Crippen LogP contribution is 2.58. The highest BCUT2D eigenvalue weighted by Gasteiger charge is 2.58. The van der Waals surface area contributed by atoms with Crippen LogP contribution in [0.2, 0.25) is 18.1 Å². The zero-order chi connectivity index (χ0) is 19.6. The first-order chi connectivity index (χ1) is 12.6. The molecule has 0 spiro atoms. The molecule has 5 rings (SSSR count). The second-order valence-corrected chi connectivity index (χ2v) is 14.4. The molecule has 2 bridgehead atoms. The van der Waals surface area contributed by atoms with Crippen molar-refractivity contribution in [2.75, 3.05) is 6.61 Å². The van der Waals surface area contributed by atoms with Gasteiger partial charge in [-0.25, -0.2) is 0 Å². The van der Waals surface area contributed by atoms with Crippen LogP contribution in [0.25, 0.3) is 0 Å². The van der Waals surface area contributed by atoms with Crippen LogP contribution in [0.1, 0.15) is 48.9 Å². The number of benzene rings is 2. The van der Waals surface area contributed by atoms with E-state index in [4.69, 9.17) is 4.43 Å². The Morgan fingerprint density at radius 1 is 0.963 bits per heavy atom. The molecule has 0 aliphatic heterocycles. The zero-order valence-electron chi connectivity index (χ0n) is 16.9. The molecule has 0 heterocycles. The SMILES string of the molecule is CC(C)(C)[Si](C)(C)OC[C@H]1[C@H](O)C2c3ccccc3C1(O)c1ccccc12. The molecule has 0 saturated carbocycles. The van der Waals surface area contributed by atoms with Crippen molar-refractivity contribution in [3.05, 3.63) is 70.8 Å². The molecule has 3 nitrogen and oxygen atoms in total. The molecule has 0 saturated heterocycles. The van der Waals surface area contributed by atoms with E-state index in [1.165, 1.54) is 0 Å². The summed E-state index contributed by atoms with van der Waals surface area (Å²) < 4.78 is 6.47. The maximum Gasteiger partial charge on any atom is 0.191 e. The van der Waals surface area contributed by atoms with E-state index >= 15 is 0 Å². The molecule has 2 aromatic rings. The Kier molecular flexibility index (Phi) is 4.21.